The Morgan fingerprint density at radius 1 is 1.11 bits per heavy atom. The predicted molar refractivity (Wildman–Crippen MR) is 130 cm³/mol. The van der Waals surface area contributed by atoms with Crippen molar-refractivity contribution in [1.29, 1.82) is 0 Å². The Kier molecular flexibility index (Phi) is 8.75. The summed E-state index contributed by atoms with van der Waals surface area (Å²) < 4.78 is 23.9. The Labute approximate surface area is 206 Å². The highest BCUT2D eigenvalue weighted by atomic mass is 32.2. The van der Waals surface area contributed by atoms with Crippen molar-refractivity contribution in [3.8, 4) is 0 Å². The summed E-state index contributed by atoms with van der Waals surface area (Å²) in [5, 5.41) is 11.4. The van der Waals surface area contributed by atoms with E-state index >= 15 is 0 Å². The average molecular weight is 501 g/mol. The SMILES string of the molecule is CCOC(=O)C1=C(CSc2ccc(F)cc2)N=C(C)C(C(=O)OCC)C1c1cccc([N+](=O)[O-])c1. The molecule has 0 aromatic heterocycles. The fourth-order valence-corrected chi connectivity index (χ4v) is 4.76. The highest BCUT2D eigenvalue weighted by Crippen LogP contribution is 2.42. The molecule has 1 heterocycles. The summed E-state index contributed by atoms with van der Waals surface area (Å²) in [5.74, 6) is -3.24. The summed E-state index contributed by atoms with van der Waals surface area (Å²) >= 11 is 1.34. The summed E-state index contributed by atoms with van der Waals surface area (Å²) in [5.41, 5.74) is 1.18. The van der Waals surface area contributed by atoms with Gasteiger partial charge in [0.15, 0.2) is 0 Å². The van der Waals surface area contributed by atoms with Crippen LogP contribution in [-0.2, 0) is 19.1 Å². The predicted octanol–water partition coefficient (Wildman–Crippen LogP) is 5.08. The quantitative estimate of drug-likeness (QED) is 0.204. The van der Waals surface area contributed by atoms with Gasteiger partial charge in [-0.05, 0) is 50.6 Å². The van der Waals surface area contributed by atoms with Crippen LogP contribution in [0.3, 0.4) is 0 Å². The molecule has 10 heteroatoms. The molecular formula is C25H25FN2O6S. The number of hydrogen-bond acceptors (Lipinski definition) is 8. The van der Waals surface area contributed by atoms with Gasteiger partial charge in [0, 0.05) is 34.4 Å². The van der Waals surface area contributed by atoms with Crippen LogP contribution < -0.4 is 0 Å². The number of non-ortho nitro benzene ring substituents is 1. The van der Waals surface area contributed by atoms with Crippen molar-refractivity contribution in [2.75, 3.05) is 19.0 Å². The highest BCUT2D eigenvalue weighted by Gasteiger charge is 2.43. The molecule has 1 aliphatic rings. The molecule has 2 unspecified atom stereocenters. The molecule has 0 saturated carbocycles. The zero-order chi connectivity index (χ0) is 25.5. The number of nitro groups is 1. The topological polar surface area (TPSA) is 108 Å². The van der Waals surface area contributed by atoms with Crippen LogP contribution in [-0.4, -0.2) is 41.5 Å². The molecule has 0 spiro atoms. The molecule has 0 bridgehead atoms. The normalized spacial score (nSPS) is 17.5. The van der Waals surface area contributed by atoms with Crippen molar-refractivity contribution in [2.24, 2.45) is 10.9 Å². The summed E-state index contributed by atoms with van der Waals surface area (Å²) in [6.45, 7) is 5.21. The first-order valence-corrected chi connectivity index (χ1v) is 12.0. The Morgan fingerprint density at radius 3 is 2.43 bits per heavy atom. The fourth-order valence-electron chi connectivity index (χ4n) is 3.91. The van der Waals surface area contributed by atoms with E-state index in [9.17, 15) is 24.1 Å². The van der Waals surface area contributed by atoms with E-state index in [1.165, 1.54) is 42.1 Å². The van der Waals surface area contributed by atoms with Gasteiger partial charge in [0.1, 0.15) is 11.7 Å². The van der Waals surface area contributed by atoms with E-state index in [1.54, 1.807) is 39.0 Å². The molecule has 2 aromatic rings. The Morgan fingerprint density at radius 2 is 1.80 bits per heavy atom. The molecule has 35 heavy (non-hydrogen) atoms. The lowest BCUT2D eigenvalue weighted by atomic mass is 9.75. The minimum absolute atomic E-state index is 0.0924. The first kappa shape index (κ1) is 26.1. The maximum absolute atomic E-state index is 13.3. The number of hydrogen-bond donors (Lipinski definition) is 0. The largest absolute Gasteiger partial charge is 0.465 e. The fraction of sp³-hybridized carbons (Fsp3) is 0.320. The van der Waals surface area contributed by atoms with Gasteiger partial charge < -0.3 is 9.47 Å². The van der Waals surface area contributed by atoms with Crippen LogP contribution in [0.5, 0.6) is 0 Å². The smallest absolute Gasteiger partial charge is 0.336 e. The Bertz CT molecular complexity index is 1180. The van der Waals surface area contributed by atoms with E-state index in [0.29, 0.717) is 17.0 Å². The third kappa shape index (κ3) is 6.13. The molecule has 0 amide bonds. The molecule has 3 rings (SSSR count). The van der Waals surface area contributed by atoms with Crippen LogP contribution in [0.25, 0.3) is 0 Å². The number of nitrogens with zero attached hydrogens (tertiary/aromatic N) is 2. The molecule has 8 nitrogen and oxygen atoms in total. The number of aliphatic imine (C=N–C) groups is 1. The number of carbonyl (C=O) groups is 2. The van der Waals surface area contributed by atoms with Gasteiger partial charge in [-0.1, -0.05) is 12.1 Å². The minimum Gasteiger partial charge on any atom is -0.465 e. The second-order valence-corrected chi connectivity index (χ2v) is 8.68. The Hall–Kier alpha value is -3.53. The number of nitro benzene ring substituents is 1. The van der Waals surface area contributed by atoms with E-state index < -0.39 is 28.7 Å². The highest BCUT2D eigenvalue weighted by molar-refractivity contribution is 7.99. The number of benzene rings is 2. The summed E-state index contributed by atoms with van der Waals surface area (Å²) in [7, 11) is 0. The average Bonchev–Trinajstić information content (AvgIpc) is 2.83. The first-order chi connectivity index (χ1) is 16.8. The summed E-state index contributed by atoms with van der Waals surface area (Å²) in [6.07, 6.45) is 0. The van der Waals surface area contributed by atoms with Gasteiger partial charge in [0.2, 0.25) is 0 Å². The number of esters is 2. The van der Waals surface area contributed by atoms with E-state index in [1.807, 2.05) is 0 Å². The second-order valence-electron chi connectivity index (χ2n) is 7.64. The second kappa shape index (κ2) is 11.7. The molecule has 1 aliphatic heterocycles. The van der Waals surface area contributed by atoms with Crippen LogP contribution in [0.1, 0.15) is 32.3 Å². The number of rotatable bonds is 9. The van der Waals surface area contributed by atoms with Gasteiger partial charge in [-0.2, -0.15) is 0 Å². The molecule has 0 N–H and O–H groups in total. The van der Waals surface area contributed by atoms with Crippen LogP contribution in [0.15, 0.2) is 69.7 Å². The molecule has 2 atom stereocenters. The number of thioether (sulfide) groups is 1. The van der Waals surface area contributed by atoms with Gasteiger partial charge in [-0.25, -0.2) is 9.18 Å². The van der Waals surface area contributed by atoms with Crippen molar-refractivity contribution in [1.82, 2.24) is 0 Å². The molecule has 0 saturated heterocycles. The maximum atomic E-state index is 13.3. The summed E-state index contributed by atoms with van der Waals surface area (Å²) in [4.78, 5) is 42.5. The Balaban J connectivity index is 2.15. The van der Waals surface area contributed by atoms with E-state index in [-0.39, 0.29) is 36.0 Å². The van der Waals surface area contributed by atoms with Gasteiger partial charge in [0.05, 0.1) is 29.4 Å². The molecule has 0 radical (unpaired) electrons. The van der Waals surface area contributed by atoms with Gasteiger partial charge in [-0.15, -0.1) is 11.8 Å². The summed E-state index contributed by atoms with van der Waals surface area (Å²) in [6, 6.07) is 11.7. The molecule has 184 valence electrons. The monoisotopic (exact) mass is 500 g/mol. The molecular weight excluding hydrogens is 475 g/mol. The van der Waals surface area contributed by atoms with Crippen molar-refractivity contribution in [2.45, 2.75) is 31.6 Å². The van der Waals surface area contributed by atoms with Crippen LogP contribution >= 0.6 is 11.8 Å². The van der Waals surface area contributed by atoms with Gasteiger partial charge >= 0.3 is 11.9 Å². The van der Waals surface area contributed by atoms with Crippen LogP contribution in [0.2, 0.25) is 0 Å². The van der Waals surface area contributed by atoms with Crippen molar-refractivity contribution in [3.05, 3.63) is 81.3 Å². The van der Waals surface area contributed by atoms with Crippen molar-refractivity contribution < 1.29 is 28.4 Å². The van der Waals surface area contributed by atoms with Crippen LogP contribution in [0.4, 0.5) is 10.1 Å². The zero-order valence-corrected chi connectivity index (χ0v) is 20.3. The third-order valence-corrected chi connectivity index (χ3v) is 6.41. The number of carbonyl (C=O) groups excluding carboxylic acids is 2. The standard InChI is InChI=1S/C25H25FN2O6S/c1-4-33-24(29)21-15(3)27-20(14-35-19-11-9-17(26)10-12-19)23(25(30)34-5-2)22(21)16-7-6-8-18(13-16)28(31)32/h6-13,21-22H,4-5,14H2,1-3H3. The van der Waals surface area contributed by atoms with Crippen LogP contribution in [0, 0.1) is 21.8 Å². The lowest BCUT2D eigenvalue weighted by Crippen LogP contribution is -2.37. The number of ether oxygens (including phenoxy) is 2. The third-order valence-electron chi connectivity index (χ3n) is 5.38. The maximum Gasteiger partial charge on any atom is 0.336 e. The lowest BCUT2D eigenvalue weighted by molar-refractivity contribution is -0.384. The lowest BCUT2D eigenvalue weighted by Gasteiger charge is -2.32. The van der Waals surface area contributed by atoms with Crippen molar-refractivity contribution >= 4 is 35.1 Å². The molecule has 2 aromatic carbocycles. The van der Waals surface area contributed by atoms with Gasteiger partial charge in [-0.3, -0.25) is 19.9 Å². The van der Waals surface area contributed by atoms with Crippen molar-refractivity contribution in [3.63, 3.8) is 0 Å². The minimum atomic E-state index is -0.962. The van der Waals surface area contributed by atoms with E-state index in [4.69, 9.17) is 9.47 Å². The van der Waals surface area contributed by atoms with E-state index in [0.717, 1.165) is 4.90 Å². The van der Waals surface area contributed by atoms with E-state index in [2.05, 4.69) is 4.99 Å². The first-order valence-electron chi connectivity index (χ1n) is 11.0. The zero-order valence-electron chi connectivity index (χ0n) is 19.5. The van der Waals surface area contributed by atoms with Gasteiger partial charge in [0.25, 0.3) is 5.69 Å². The molecule has 0 aliphatic carbocycles. The number of halogens is 1. The molecule has 0 fully saturated rings.